The molecule has 0 aliphatic heterocycles. The largest absolute Gasteiger partial charge is 0.534 e. The van der Waals surface area contributed by atoms with Crippen molar-refractivity contribution in [3.8, 4) is 22.9 Å². The zero-order chi connectivity index (χ0) is 24.2. The average Bonchev–Trinajstić information content (AvgIpc) is 2.66. The Hall–Kier alpha value is -3.26. The summed E-state index contributed by atoms with van der Waals surface area (Å²) in [6.07, 6.45) is -0.0991. The number of carbonyl (C=O) groups is 1. The van der Waals surface area contributed by atoms with Crippen molar-refractivity contribution in [1.82, 2.24) is 5.32 Å². The van der Waals surface area contributed by atoms with Crippen LogP contribution in [0, 0.1) is 11.3 Å². The fourth-order valence-electron chi connectivity index (χ4n) is 2.54. The molecule has 0 radical (unpaired) electrons. The van der Waals surface area contributed by atoms with E-state index in [-0.39, 0.29) is 11.1 Å². The Morgan fingerprint density at radius 2 is 1.72 bits per heavy atom. The second-order valence-electron chi connectivity index (χ2n) is 7.68. The van der Waals surface area contributed by atoms with Crippen molar-refractivity contribution in [2.24, 2.45) is 0 Å². The summed E-state index contributed by atoms with van der Waals surface area (Å²) in [6, 6.07) is 11.8. The fraction of sp³-hybridized carbons (Fsp3) is 0.333. The first-order chi connectivity index (χ1) is 14.7. The molecule has 0 unspecified atom stereocenters. The van der Waals surface area contributed by atoms with Crippen LogP contribution in [0.2, 0.25) is 0 Å². The molecule has 32 heavy (non-hydrogen) atoms. The van der Waals surface area contributed by atoms with Crippen molar-refractivity contribution >= 4 is 16.2 Å². The fourth-order valence-corrected chi connectivity index (χ4v) is 3.01. The lowest BCUT2D eigenvalue weighted by molar-refractivity contribution is -0.0499. The standard InChI is InChI=1S/C21H21F3N2O5S/c1-20(2,3)30-19(27)26-11-10-14-4-7-16(8-5-14)17-9-6-15(13-25)12-18(17)31-32(28,29)21(22,23)24/h4-9,12H,10-11H2,1-3H3,(H,26,27). The van der Waals surface area contributed by atoms with E-state index in [1.54, 1.807) is 51.1 Å². The monoisotopic (exact) mass is 470 g/mol. The van der Waals surface area contributed by atoms with Gasteiger partial charge in [0, 0.05) is 18.2 Å². The first-order valence-electron chi connectivity index (χ1n) is 9.33. The number of benzene rings is 2. The predicted octanol–water partition coefficient (Wildman–Crippen LogP) is 4.52. The van der Waals surface area contributed by atoms with E-state index in [0.717, 1.165) is 11.6 Å². The summed E-state index contributed by atoms with van der Waals surface area (Å²) in [5.74, 6) is -0.610. The molecule has 1 amide bonds. The van der Waals surface area contributed by atoms with Gasteiger partial charge in [-0.1, -0.05) is 24.3 Å². The molecular weight excluding hydrogens is 449 g/mol. The van der Waals surface area contributed by atoms with E-state index in [9.17, 15) is 26.4 Å². The highest BCUT2D eigenvalue weighted by Crippen LogP contribution is 2.35. The number of nitriles is 1. The minimum absolute atomic E-state index is 0.0639. The van der Waals surface area contributed by atoms with Crippen LogP contribution in [0.4, 0.5) is 18.0 Å². The number of carbonyl (C=O) groups excluding carboxylic acids is 1. The molecule has 2 aromatic rings. The van der Waals surface area contributed by atoms with E-state index in [1.165, 1.54) is 12.1 Å². The molecule has 7 nitrogen and oxygen atoms in total. The molecule has 2 rings (SSSR count). The number of alkyl halides is 3. The number of nitrogens with one attached hydrogen (secondary N) is 1. The molecule has 0 saturated carbocycles. The summed E-state index contributed by atoms with van der Waals surface area (Å²) in [5.41, 5.74) is -5.04. The van der Waals surface area contributed by atoms with Crippen LogP contribution in [0.15, 0.2) is 42.5 Å². The normalized spacial score (nSPS) is 12.0. The van der Waals surface area contributed by atoms with Gasteiger partial charge >= 0.3 is 21.7 Å². The average molecular weight is 470 g/mol. The van der Waals surface area contributed by atoms with Gasteiger partial charge in [-0.3, -0.25) is 0 Å². The van der Waals surface area contributed by atoms with Crippen LogP contribution in [0.3, 0.4) is 0 Å². The van der Waals surface area contributed by atoms with Crippen molar-refractivity contribution in [2.45, 2.75) is 38.3 Å². The Balaban J connectivity index is 2.19. The highest BCUT2D eigenvalue weighted by molar-refractivity contribution is 7.88. The number of rotatable bonds is 6. The van der Waals surface area contributed by atoms with Gasteiger partial charge in [-0.05, 0) is 50.5 Å². The van der Waals surface area contributed by atoms with Crippen LogP contribution >= 0.6 is 0 Å². The topological polar surface area (TPSA) is 105 Å². The smallest absolute Gasteiger partial charge is 0.444 e. The van der Waals surface area contributed by atoms with Gasteiger partial charge in [0.2, 0.25) is 0 Å². The molecule has 0 bridgehead atoms. The number of hydrogen-bond donors (Lipinski definition) is 1. The lowest BCUT2D eigenvalue weighted by Gasteiger charge is -2.19. The zero-order valence-corrected chi connectivity index (χ0v) is 18.3. The number of nitrogens with zero attached hydrogens (tertiary/aromatic N) is 1. The molecule has 1 N–H and O–H groups in total. The number of alkyl carbamates (subject to hydrolysis) is 1. The summed E-state index contributed by atoms with van der Waals surface area (Å²) >= 11 is 0. The highest BCUT2D eigenvalue weighted by atomic mass is 32.2. The van der Waals surface area contributed by atoms with E-state index < -0.39 is 33.1 Å². The third-order valence-corrected chi connectivity index (χ3v) is 4.91. The van der Waals surface area contributed by atoms with E-state index >= 15 is 0 Å². The Labute approximate surface area is 183 Å². The number of halogens is 3. The summed E-state index contributed by atoms with van der Waals surface area (Å²) in [6.45, 7) is 5.52. The van der Waals surface area contributed by atoms with Gasteiger partial charge in [-0.2, -0.15) is 26.9 Å². The molecule has 0 saturated heterocycles. The van der Waals surface area contributed by atoms with Gasteiger partial charge < -0.3 is 14.2 Å². The molecule has 11 heteroatoms. The molecule has 0 aliphatic rings. The van der Waals surface area contributed by atoms with E-state index in [4.69, 9.17) is 10.00 Å². The number of ether oxygens (including phenoxy) is 1. The molecular formula is C21H21F3N2O5S. The first kappa shape index (κ1) is 25.0. The Morgan fingerprint density at radius 3 is 2.25 bits per heavy atom. The Morgan fingerprint density at radius 1 is 1.09 bits per heavy atom. The van der Waals surface area contributed by atoms with Crippen molar-refractivity contribution < 1.29 is 35.3 Å². The molecule has 0 spiro atoms. The van der Waals surface area contributed by atoms with E-state index in [1.807, 2.05) is 0 Å². The van der Waals surface area contributed by atoms with Gasteiger partial charge in [0.05, 0.1) is 11.6 Å². The van der Waals surface area contributed by atoms with Crippen LogP contribution in [-0.4, -0.2) is 32.2 Å². The third kappa shape index (κ3) is 6.88. The van der Waals surface area contributed by atoms with E-state index in [0.29, 0.717) is 18.5 Å². The molecule has 0 atom stereocenters. The van der Waals surface area contributed by atoms with Crippen LogP contribution in [0.5, 0.6) is 5.75 Å². The summed E-state index contributed by atoms with van der Waals surface area (Å²) < 4.78 is 70.5. The molecule has 0 fully saturated rings. The molecule has 2 aromatic carbocycles. The molecule has 0 aliphatic carbocycles. The summed E-state index contributed by atoms with van der Waals surface area (Å²) in [7, 11) is -5.91. The van der Waals surface area contributed by atoms with Crippen LogP contribution < -0.4 is 9.50 Å². The van der Waals surface area contributed by atoms with Crippen molar-refractivity contribution in [3.63, 3.8) is 0 Å². The third-order valence-electron chi connectivity index (χ3n) is 3.94. The zero-order valence-electron chi connectivity index (χ0n) is 17.5. The summed E-state index contributed by atoms with van der Waals surface area (Å²) in [5, 5.41) is 11.6. The van der Waals surface area contributed by atoms with Crippen LogP contribution in [0.25, 0.3) is 11.1 Å². The second kappa shape index (κ2) is 9.48. The molecule has 0 aromatic heterocycles. The van der Waals surface area contributed by atoms with E-state index in [2.05, 4.69) is 9.50 Å². The van der Waals surface area contributed by atoms with Crippen LogP contribution in [-0.2, 0) is 21.3 Å². The maximum absolute atomic E-state index is 12.7. The lowest BCUT2D eigenvalue weighted by atomic mass is 10.0. The highest BCUT2D eigenvalue weighted by Gasteiger charge is 2.48. The van der Waals surface area contributed by atoms with Gasteiger partial charge in [0.1, 0.15) is 5.60 Å². The van der Waals surface area contributed by atoms with Crippen molar-refractivity contribution in [3.05, 3.63) is 53.6 Å². The quantitative estimate of drug-likeness (QED) is 0.492. The van der Waals surface area contributed by atoms with Gasteiger partial charge in [-0.15, -0.1) is 0 Å². The minimum atomic E-state index is -5.91. The van der Waals surface area contributed by atoms with Crippen molar-refractivity contribution in [1.29, 1.82) is 5.26 Å². The Bertz CT molecular complexity index is 1120. The van der Waals surface area contributed by atoms with Gasteiger partial charge in [0.15, 0.2) is 5.75 Å². The number of hydrogen-bond acceptors (Lipinski definition) is 6. The van der Waals surface area contributed by atoms with Gasteiger partial charge in [0.25, 0.3) is 0 Å². The lowest BCUT2D eigenvalue weighted by Crippen LogP contribution is -2.33. The van der Waals surface area contributed by atoms with Crippen molar-refractivity contribution in [2.75, 3.05) is 6.54 Å². The van der Waals surface area contributed by atoms with Crippen LogP contribution in [0.1, 0.15) is 31.9 Å². The SMILES string of the molecule is CC(C)(C)OC(=O)NCCc1ccc(-c2ccc(C#N)cc2OS(=O)(=O)C(F)(F)F)cc1. The second-order valence-corrected chi connectivity index (χ2v) is 9.22. The molecule has 172 valence electrons. The predicted molar refractivity (Wildman–Crippen MR) is 110 cm³/mol. The maximum atomic E-state index is 12.7. The maximum Gasteiger partial charge on any atom is 0.534 e. The Kier molecular flexibility index (Phi) is 7.41. The first-order valence-corrected chi connectivity index (χ1v) is 10.7. The molecule has 0 heterocycles. The minimum Gasteiger partial charge on any atom is -0.444 e. The summed E-state index contributed by atoms with van der Waals surface area (Å²) in [4.78, 5) is 11.7. The number of amides is 1. The van der Waals surface area contributed by atoms with Gasteiger partial charge in [-0.25, -0.2) is 4.79 Å².